The van der Waals surface area contributed by atoms with E-state index >= 15 is 0 Å². The Kier molecular flexibility index (Phi) is 5.71. The molecule has 1 aromatic heterocycles. The summed E-state index contributed by atoms with van der Waals surface area (Å²) in [5.41, 5.74) is 6.88. The molecule has 142 valence electrons. The highest BCUT2D eigenvalue weighted by Gasteiger charge is 2.20. The van der Waals surface area contributed by atoms with Crippen molar-refractivity contribution in [2.45, 2.75) is 0 Å². The SMILES string of the molecule is NC(=O)NC(=O)COC(=O)c1cc(-c2ccc(Cl)cc2)nn1-c1ccccc1. The molecule has 0 aliphatic heterocycles. The van der Waals surface area contributed by atoms with Crippen LogP contribution in [0.4, 0.5) is 4.79 Å². The van der Waals surface area contributed by atoms with Crippen LogP contribution in [0.1, 0.15) is 10.5 Å². The Morgan fingerprint density at radius 3 is 2.39 bits per heavy atom. The van der Waals surface area contributed by atoms with Crippen molar-refractivity contribution in [2.75, 3.05) is 6.61 Å². The summed E-state index contributed by atoms with van der Waals surface area (Å²) in [6.07, 6.45) is 0. The number of benzene rings is 2. The summed E-state index contributed by atoms with van der Waals surface area (Å²) >= 11 is 5.92. The van der Waals surface area contributed by atoms with Crippen molar-refractivity contribution in [1.29, 1.82) is 0 Å². The van der Waals surface area contributed by atoms with Gasteiger partial charge in [-0.1, -0.05) is 41.9 Å². The quantitative estimate of drug-likeness (QED) is 0.640. The minimum Gasteiger partial charge on any atom is -0.451 e. The number of esters is 1. The molecule has 0 radical (unpaired) electrons. The number of rotatable bonds is 5. The molecule has 2 aromatic carbocycles. The normalized spacial score (nSPS) is 10.3. The van der Waals surface area contributed by atoms with Crippen LogP contribution in [0.5, 0.6) is 0 Å². The minimum atomic E-state index is -1.03. The number of halogens is 1. The zero-order chi connectivity index (χ0) is 20.1. The Labute approximate surface area is 164 Å². The van der Waals surface area contributed by atoms with E-state index in [1.165, 1.54) is 4.68 Å². The molecule has 3 N–H and O–H groups in total. The van der Waals surface area contributed by atoms with E-state index < -0.39 is 24.5 Å². The summed E-state index contributed by atoms with van der Waals surface area (Å²) in [6, 6.07) is 16.5. The Morgan fingerprint density at radius 2 is 1.75 bits per heavy atom. The third-order valence-corrected chi connectivity index (χ3v) is 3.91. The molecule has 3 rings (SSSR count). The van der Waals surface area contributed by atoms with Crippen LogP contribution in [-0.2, 0) is 9.53 Å². The third-order valence-electron chi connectivity index (χ3n) is 3.66. The van der Waals surface area contributed by atoms with Gasteiger partial charge in [-0.3, -0.25) is 10.1 Å². The van der Waals surface area contributed by atoms with Crippen molar-refractivity contribution in [3.8, 4) is 16.9 Å². The van der Waals surface area contributed by atoms with E-state index in [4.69, 9.17) is 22.1 Å². The Balaban J connectivity index is 1.92. The number of nitrogens with one attached hydrogen (secondary N) is 1. The molecule has 0 atom stereocenters. The number of hydrogen-bond donors (Lipinski definition) is 2. The van der Waals surface area contributed by atoms with E-state index in [1.807, 2.05) is 11.4 Å². The standard InChI is InChI=1S/C19H15ClN4O4/c20-13-8-6-12(7-9-13)15-10-16(18(26)28-11-17(25)22-19(21)27)24(23-15)14-4-2-1-3-5-14/h1-10H,11H2,(H3,21,22,25,27). The maximum Gasteiger partial charge on any atom is 0.357 e. The van der Waals surface area contributed by atoms with Gasteiger partial charge in [0.15, 0.2) is 12.3 Å². The lowest BCUT2D eigenvalue weighted by molar-refractivity contribution is -0.123. The second-order valence-electron chi connectivity index (χ2n) is 5.66. The third kappa shape index (κ3) is 4.54. The highest BCUT2D eigenvalue weighted by atomic mass is 35.5. The average molecular weight is 399 g/mol. The molecule has 0 saturated heterocycles. The van der Waals surface area contributed by atoms with Crippen LogP contribution in [0, 0.1) is 0 Å². The molecule has 1 heterocycles. The van der Waals surface area contributed by atoms with Crippen LogP contribution in [0.3, 0.4) is 0 Å². The first kappa shape index (κ1) is 19.1. The van der Waals surface area contributed by atoms with Gasteiger partial charge in [0.1, 0.15) is 0 Å². The van der Waals surface area contributed by atoms with Gasteiger partial charge in [-0.25, -0.2) is 14.3 Å². The summed E-state index contributed by atoms with van der Waals surface area (Å²) in [5, 5.41) is 6.87. The number of imide groups is 1. The predicted molar refractivity (Wildman–Crippen MR) is 102 cm³/mol. The number of hydrogen-bond acceptors (Lipinski definition) is 5. The maximum absolute atomic E-state index is 12.5. The number of carbonyl (C=O) groups is 3. The monoisotopic (exact) mass is 398 g/mol. The molecule has 3 aromatic rings. The fourth-order valence-electron chi connectivity index (χ4n) is 2.43. The van der Waals surface area contributed by atoms with Crippen molar-refractivity contribution in [1.82, 2.24) is 15.1 Å². The van der Waals surface area contributed by atoms with Gasteiger partial charge in [0.05, 0.1) is 11.4 Å². The number of amides is 3. The molecule has 28 heavy (non-hydrogen) atoms. The van der Waals surface area contributed by atoms with E-state index in [0.717, 1.165) is 5.56 Å². The molecular formula is C19H15ClN4O4. The first-order chi connectivity index (χ1) is 13.4. The molecule has 0 saturated carbocycles. The van der Waals surface area contributed by atoms with Crippen LogP contribution in [0.2, 0.25) is 5.02 Å². The summed E-state index contributed by atoms with van der Waals surface area (Å²) in [4.78, 5) is 34.7. The van der Waals surface area contributed by atoms with Gasteiger partial charge in [-0.05, 0) is 30.3 Å². The van der Waals surface area contributed by atoms with E-state index in [-0.39, 0.29) is 5.69 Å². The van der Waals surface area contributed by atoms with Gasteiger partial charge in [0.2, 0.25) is 0 Å². The molecule has 0 aliphatic rings. The highest BCUT2D eigenvalue weighted by molar-refractivity contribution is 6.30. The van der Waals surface area contributed by atoms with Gasteiger partial charge in [0, 0.05) is 10.6 Å². The number of aromatic nitrogens is 2. The lowest BCUT2D eigenvalue weighted by atomic mass is 10.1. The second kappa shape index (κ2) is 8.36. The van der Waals surface area contributed by atoms with Gasteiger partial charge >= 0.3 is 12.0 Å². The van der Waals surface area contributed by atoms with Crippen molar-refractivity contribution >= 4 is 29.5 Å². The van der Waals surface area contributed by atoms with Crippen molar-refractivity contribution in [3.63, 3.8) is 0 Å². The maximum atomic E-state index is 12.5. The van der Waals surface area contributed by atoms with Crippen molar-refractivity contribution in [2.24, 2.45) is 5.73 Å². The van der Waals surface area contributed by atoms with Gasteiger partial charge in [-0.2, -0.15) is 5.10 Å². The topological polar surface area (TPSA) is 116 Å². The van der Waals surface area contributed by atoms with Crippen molar-refractivity contribution in [3.05, 3.63) is 71.4 Å². The Bertz CT molecular complexity index is 1020. The molecule has 3 amide bonds. The smallest absolute Gasteiger partial charge is 0.357 e. The minimum absolute atomic E-state index is 0.114. The number of nitrogens with two attached hydrogens (primary N) is 1. The largest absolute Gasteiger partial charge is 0.451 e. The molecule has 0 unspecified atom stereocenters. The number of nitrogens with zero attached hydrogens (tertiary/aromatic N) is 2. The number of urea groups is 1. The predicted octanol–water partition coefficient (Wildman–Crippen LogP) is 2.54. The van der Waals surface area contributed by atoms with E-state index in [9.17, 15) is 14.4 Å². The Morgan fingerprint density at radius 1 is 1.07 bits per heavy atom. The van der Waals surface area contributed by atoms with E-state index in [1.54, 1.807) is 54.6 Å². The van der Waals surface area contributed by atoms with Crippen LogP contribution in [-0.4, -0.2) is 34.3 Å². The lowest BCUT2D eigenvalue weighted by Gasteiger charge is -2.07. The number of primary amides is 1. The molecule has 0 spiro atoms. The zero-order valence-electron chi connectivity index (χ0n) is 14.5. The molecular weight excluding hydrogens is 384 g/mol. The van der Waals surface area contributed by atoms with Crippen LogP contribution in [0.25, 0.3) is 16.9 Å². The van der Waals surface area contributed by atoms with E-state index in [2.05, 4.69) is 5.10 Å². The lowest BCUT2D eigenvalue weighted by Crippen LogP contribution is -2.37. The van der Waals surface area contributed by atoms with Crippen LogP contribution < -0.4 is 11.1 Å². The van der Waals surface area contributed by atoms with Gasteiger partial charge < -0.3 is 10.5 Å². The fraction of sp³-hybridized carbons (Fsp3) is 0.0526. The number of para-hydroxylation sites is 1. The van der Waals surface area contributed by atoms with Gasteiger partial charge in [0.25, 0.3) is 5.91 Å². The zero-order valence-corrected chi connectivity index (χ0v) is 15.2. The molecule has 8 nitrogen and oxygen atoms in total. The van der Waals surface area contributed by atoms with Crippen molar-refractivity contribution < 1.29 is 19.1 Å². The molecule has 9 heteroatoms. The first-order valence-electron chi connectivity index (χ1n) is 8.12. The molecule has 0 aliphatic carbocycles. The number of ether oxygens (including phenoxy) is 1. The molecule has 0 bridgehead atoms. The van der Waals surface area contributed by atoms with Crippen LogP contribution in [0.15, 0.2) is 60.7 Å². The first-order valence-corrected chi connectivity index (χ1v) is 8.49. The average Bonchev–Trinajstić information content (AvgIpc) is 3.12. The summed E-state index contributed by atoms with van der Waals surface area (Å²) < 4.78 is 6.40. The summed E-state index contributed by atoms with van der Waals surface area (Å²) in [7, 11) is 0. The fourth-order valence-corrected chi connectivity index (χ4v) is 2.56. The van der Waals surface area contributed by atoms with Crippen LogP contribution >= 0.6 is 11.6 Å². The number of carbonyl (C=O) groups excluding carboxylic acids is 3. The molecule has 0 fully saturated rings. The van der Waals surface area contributed by atoms with E-state index in [0.29, 0.717) is 16.4 Å². The summed E-state index contributed by atoms with van der Waals surface area (Å²) in [6.45, 7) is -0.655. The second-order valence-corrected chi connectivity index (χ2v) is 6.09. The highest BCUT2D eigenvalue weighted by Crippen LogP contribution is 2.23. The van der Waals surface area contributed by atoms with Gasteiger partial charge in [-0.15, -0.1) is 0 Å². The summed E-state index contributed by atoms with van der Waals surface area (Å²) in [5.74, 6) is -1.61. The Hall–Kier alpha value is -3.65.